The largest absolute Gasteiger partial charge is 0.379 e. The highest BCUT2D eigenvalue weighted by Gasteiger charge is 2.23. The lowest BCUT2D eigenvalue weighted by atomic mass is 10.0. The number of guanidine groups is 1. The highest BCUT2D eigenvalue weighted by Crippen LogP contribution is 2.24. The minimum Gasteiger partial charge on any atom is -0.379 e. The van der Waals surface area contributed by atoms with Crippen LogP contribution in [0.3, 0.4) is 0 Å². The standard InChI is InChI=1S/C19H29ClN4O/c1-15-3-2-8-24(14-15)19(21)22-13-18(23-9-11-25-12-10-23)16-4-6-17(20)7-5-16/h4-7,15,18H,2-3,8-14H2,1H3,(H2,21,22). The van der Waals surface area contributed by atoms with Gasteiger partial charge in [-0.25, -0.2) is 0 Å². The normalized spacial score (nSPS) is 24.3. The van der Waals surface area contributed by atoms with Crippen molar-refractivity contribution in [1.29, 1.82) is 0 Å². The van der Waals surface area contributed by atoms with Gasteiger partial charge in [0, 0.05) is 31.2 Å². The molecule has 2 aliphatic heterocycles. The third-order valence-corrected chi connectivity index (χ3v) is 5.40. The SMILES string of the molecule is CC1CCCN(C(N)=NCC(c2ccc(Cl)cc2)N2CCOCC2)C1. The van der Waals surface area contributed by atoms with Gasteiger partial charge >= 0.3 is 0 Å². The maximum Gasteiger partial charge on any atom is 0.191 e. The summed E-state index contributed by atoms with van der Waals surface area (Å²) in [4.78, 5) is 9.42. The van der Waals surface area contributed by atoms with E-state index in [1.54, 1.807) is 0 Å². The third-order valence-electron chi connectivity index (χ3n) is 5.15. The van der Waals surface area contributed by atoms with Crippen molar-refractivity contribution in [2.75, 3.05) is 45.9 Å². The number of nitrogens with zero attached hydrogens (tertiary/aromatic N) is 3. The molecule has 25 heavy (non-hydrogen) atoms. The Bertz CT molecular complexity index is 571. The Morgan fingerprint density at radius 3 is 2.68 bits per heavy atom. The van der Waals surface area contributed by atoms with E-state index >= 15 is 0 Å². The van der Waals surface area contributed by atoms with E-state index in [1.807, 2.05) is 12.1 Å². The number of hydrogen-bond acceptors (Lipinski definition) is 3. The molecular formula is C19H29ClN4O. The topological polar surface area (TPSA) is 54.1 Å². The maximum absolute atomic E-state index is 6.30. The minimum atomic E-state index is 0.210. The molecule has 3 rings (SSSR count). The molecule has 2 heterocycles. The molecule has 1 aromatic rings. The zero-order valence-electron chi connectivity index (χ0n) is 15.0. The van der Waals surface area contributed by atoms with E-state index in [0.29, 0.717) is 18.4 Å². The number of rotatable bonds is 4. The van der Waals surface area contributed by atoms with Crippen molar-refractivity contribution >= 4 is 17.6 Å². The summed E-state index contributed by atoms with van der Waals surface area (Å²) in [6.07, 6.45) is 2.48. The molecule has 0 aromatic heterocycles. The number of hydrogen-bond donors (Lipinski definition) is 1. The molecule has 0 spiro atoms. The lowest BCUT2D eigenvalue weighted by Gasteiger charge is -2.35. The van der Waals surface area contributed by atoms with E-state index in [0.717, 1.165) is 44.4 Å². The number of nitrogens with two attached hydrogens (primary N) is 1. The fraction of sp³-hybridized carbons (Fsp3) is 0.632. The van der Waals surface area contributed by atoms with Gasteiger partial charge in [-0.1, -0.05) is 30.7 Å². The van der Waals surface area contributed by atoms with Crippen LogP contribution in [0.2, 0.25) is 5.02 Å². The van der Waals surface area contributed by atoms with Gasteiger partial charge in [0.15, 0.2) is 5.96 Å². The van der Waals surface area contributed by atoms with Crippen LogP contribution in [0.4, 0.5) is 0 Å². The molecular weight excluding hydrogens is 336 g/mol. The number of piperidine rings is 1. The van der Waals surface area contributed by atoms with Crippen LogP contribution in [0.5, 0.6) is 0 Å². The molecule has 0 aliphatic carbocycles. The minimum absolute atomic E-state index is 0.210. The molecule has 2 unspecified atom stereocenters. The van der Waals surface area contributed by atoms with Gasteiger partial charge in [0.05, 0.1) is 25.8 Å². The summed E-state index contributed by atoms with van der Waals surface area (Å²) in [7, 11) is 0. The molecule has 0 saturated carbocycles. The monoisotopic (exact) mass is 364 g/mol. The van der Waals surface area contributed by atoms with Crippen molar-refractivity contribution in [3.05, 3.63) is 34.9 Å². The van der Waals surface area contributed by atoms with Gasteiger partial charge in [0.1, 0.15) is 0 Å². The zero-order valence-corrected chi connectivity index (χ0v) is 15.8. The molecule has 2 saturated heterocycles. The summed E-state index contributed by atoms with van der Waals surface area (Å²) in [5.74, 6) is 1.37. The number of aliphatic imine (C=N–C) groups is 1. The fourth-order valence-corrected chi connectivity index (χ4v) is 3.81. The maximum atomic E-state index is 6.30. The van der Waals surface area contributed by atoms with E-state index in [9.17, 15) is 0 Å². The average molecular weight is 365 g/mol. The van der Waals surface area contributed by atoms with Gasteiger partial charge in [-0.2, -0.15) is 0 Å². The van der Waals surface area contributed by atoms with Crippen LogP contribution < -0.4 is 5.73 Å². The van der Waals surface area contributed by atoms with Crippen molar-refractivity contribution in [3.63, 3.8) is 0 Å². The Balaban J connectivity index is 1.72. The van der Waals surface area contributed by atoms with Gasteiger partial charge in [-0.05, 0) is 36.5 Å². The van der Waals surface area contributed by atoms with Crippen LogP contribution in [-0.4, -0.2) is 61.7 Å². The Labute approximate surface area is 155 Å². The van der Waals surface area contributed by atoms with E-state index in [2.05, 4.69) is 28.9 Å². The first-order valence-corrected chi connectivity index (χ1v) is 9.63. The number of morpholine rings is 1. The number of likely N-dealkylation sites (tertiary alicyclic amines) is 1. The van der Waals surface area contributed by atoms with Gasteiger partial charge in [-0.15, -0.1) is 0 Å². The molecule has 138 valence electrons. The van der Waals surface area contributed by atoms with Gasteiger partial charge in [0.2, 0.25) is 0 Å². The second-order valence-electron chi connectivity index (χ2n) is 7.11. The van der Waals surface area contributed by atoms with Gasteiger partial charge in [-0.3, -0.25) is 9.89 Å². The molecule has 0 amide bonds. The van der Waals surface area contributed by atoms with Crippen molar-refractivity contribution in [2.45, 2.75) is 25.8 Å². The Hall–Kier alpha value is -1.30. The van der Waals surface area contributed by atoms with Gasteiger partial charge in [0.25, 0.3) is 0 Å². The molecule has 2 aliphatic rings. The summed E-state index contributed by atoms with van der Waals surface area (Å²) in [5.41, 5.74) is 7.53. The van der Waals surface area contributed by atoms with Crippen LogP contribution in [0.15, 0.2) is 29.3 Å². The van der Waals surface area contributed by atoms with Crippen LogP contribution in [0, 0.1) is 5.92 Å². The summed E-state index contributed by atoms with van der Waals surface area (Å²) < 4.78 is 5.51. The molecule has 0 bridgehead atoms. The van der Waals surface area contributed by atoms with Crippen LogP contribution in [0.1, 0.15) is 31.4 Å². The van der Waals surface area contributed by atoms with E-state index in [1.165, 1.54) is 18.4 Å². The Kier molecular flexibility index (Phi) is 6.57. The van der Waals surface area contributed by atoms with E-state index in [-0.39, 0.29) is 6.04 Å². The summed E-state index contributed by atoms with van der Waals surface area (Å²) >= 11 is 6.06. The zero-order chi connectivity index (χ0) is 17.6. The molecule has 5 nitrogen and oxygen atoms in total. The second kappa shape index (κ2) is 8.88. The Morgan fingerprint density at radius 1 is 1.28 bits per heavy atom. The van der Waals surface area contributed by atoms with E-state index < -0.39 is 0 Å². The molecule has 2 fully saturated rings. The van der Waals surface area contributed by atoms with Crippen molar-refractivity contribution < 1.29 is 4.74 Å². The number of benzene rings is 1. The third kappa shape index (κ3) is 5.09. The van der Waals surface area contributed by atoms with Crippen LogP contribution >= 0.6 is 11.6 Å². The molecule has 2 atom stereocenters. The highest BCUT2D eigenvalue weighted by molar-refractivity contribution is 6.30. The number of halogens is 1. The Morgan fingerprint density at radius 2 is 2.00 bits per heavy atom. The van der Waals surface area contributed by atoms with Crippen LogP contribution in [0.25, 0.3) is 0 Å². The van der Waals surface area contributed by atoms with Crippen LogP contribution in [-0.2, 0) is 4.74 Å². The average Bonchev–Trinajstić information content (AvgIpc) is 2.64. The first-order valence-electron chi connectivity index (χ1n) is 9.25. The first-order chi connectivity index (χ1) is 12.1. The van der Waals surface area contributed by atoms with Crippen molar-refractivity contribution in [2.24, 2.45) is 16.6 Å². The summed E-state index contributed by atoms with van der Waals surface area (Å²) in [6.45, 7) is 8.36. The highest BCUT2D eigenvalue weighted by atomic mass is 35.5. The number of ether oxygens (including phenoxy) is 1. The predicted molar refractivity (Wildman–Crippen MR) is 103 cm³/mol. The lowest BCUT2D eigenvalue weighted by Crippen LogP contribution is -2.44. The predicted octanol–water partition coefficient (Wildman–Crippen LogP) is 2.76. The quantitative estimate of drug-likeness (QED) is 0.659. The molecule has 0 radical (unpaired) electrons. The second-order valence-corrected chi connectivity index (χ2v) is 7.54. The van der Waals surface area contributed by atoms with Crippen molar-refractivity contribution in [3.8, 4) is 0 Å². The molecule has 2 N–H and O–H groups in total. The summed E-state index contributed by atoms with van der Waals surface area (Å²) in [6, 6.07) is 8.30. The lowest BCUT2D eigenvalue weighted by molar-refractivity contribution is 0.0179. The first kappa shape index (κ1) is 18.5. The van der Waals surface area contributed by atoms with E-state index in [4.69, 9.17) is 27.1 Å². The fourth-order valence-electron chi connectivity index (χ4n) is 3.68. The smallest absolute Gasteiger partial charge is 0.191 e. The van der Waals surface area contributed by atoms with Gasteiger partial charge < -0.3 is 15.4 Å². The van der Waals surface area contributed by atoms with Crippen molar-refractivity contribution in [1.82, 2.24) is 9.80 Å². The molecule has 6 heteroatoms. The summed E-state index contributed by atoms with van der Waals surface area (Å²) in [5, 5.41) is 0.759. The molecule has 1 aromatic carbocycles.